The highest BCUT2D eigenvalue weighted by atomic mass is 79.9. The van der Waals surface area contributed by atoms with Gasteiger partial charge in [-0.15, -0.1) is 0 Å². The van der Waals surface area contributed by atoms with Crippen molar-refractivity contribution in [1.29, 1.82) is 0 Å². The topological polar surface area (TPSA) is 59.9 Å². The van der Waals surface area contributed by atoms with E-state index in [4.69, 9.17) is 9.47 Å². The SMILES string of the molecule is COc1ccc(C)cc1N=C1NC(=O)/C(=C/c2ccccc2OCc2ccc(Br)cc2)S1. The molecule has 1 amide bonds. The third-order valence-corrected chi connectivity index (χ3v) is 6.16. The van der Waals surface area contributed by atoms with E-state index in [1.165, 1.54) is 11.8 Å². The number of hydrogen-bond acceptors (Lipinski definition) is 5. The Morgan fingerprint density at radius 1 is 1.06 bits per heavy atom. The lowest BCUT2D eigenvalue weighted by atomic mass is 10.2. The van der Waals surface area contributed by atoms with Gasteiger partial charge in [0.2, 0.25) is 0 Å². The Kier molecular flexibility index (Phi) is 6.97. The first-order valence-electron chi connectivity index (χ1n) is 9.92. The van der Waals surface area contributed by atoms with Gasteiger partial charge in [-0.2, -0.15) is 0 Å². The molecule has 32 heavy (non-hydrogen) atoms. The first kappa shape index (κ1) is 22.2. The van der Waals surface area contributed by atoms with Crippen LogP contribution in [-0.4, -0.2) is 18.2 Å². The molecule has 0 aliphatic carbocycles. The minimum absolute atomic E-state index is 0.192. The molecule has 3 aromatic carbocycles. The molecule has 1 saturated heterocycles. The fraction of sp³-hybridized carbons (Fsp3) is 0.120. The number of rotatable bonds is 6. The van der Waals surface area contributed by atoms with Crippen molar-refractivity contribution in [3.8, 4) is 11.5 Å². The van der Waals surface area contributed by atoms with E-state index in [0.717, 1.165) is 21.2 Å². The second kappa shape index (κ2) is 10.1. The number of para-hydroxylation sites is 1. The van der Waals surface area contributed by atoms with Crippen LogP contribution in [0.1, 0.15) is 16.7 Å². The van der Waals surface area contributed by atoms with E-state index in [0.29, 0.717) is 33.9 Å². The molecular weight excluding hydrogens is 488 g/mol. The molecule has 1 fully saturated rings. The average molecular weight is 509 g/mol. The van der Waals surface area contributed by atoms with E-state index in [2.05, 4.69) is 26.2 Å². The second-order valence-corrected chi connectivity index (χ2v) is 9.06. The molecule has 0 aromatic heterocycles. The van der Waals surface area contributed by atoms with Crippen molar-refractivity contribution in [3.05, 3.63) is 92.8 Å². The van der Waals surface area contributed by atoms with Gasteiger partial charge in [-0.05, 0) is 66.2 Å². The molecule has 0 bridgehead atoms. The number of amides is 1. The fourth-order valence-corrected chi connectivity index (χ4v) is 4.18. The summed E-state index contributed by atoms with van der Waals surface area (Å²) in [5, 5.41) is 3.34. The summed E-state index contributed by atoms with van der Waals surface area (Å²) in [5.41, 5.74) is 3.63. The summed E-state index contributed by atoms with van der Waals surface area (Å²) in [4.78, 5) is 17.7. The normalized spacial score (nSPS) is 15.8. The maximum absolute atomic E-state index is 12.6. The molecule has 3 aromatic rings. The molecule has 162 valence electrons. The lowest BCUT2D eigenvalue weighted by Crippen LogP contribution is -2.19. The van der Waals surface area contributed by atoms with E-state index >= 15 is 0 Å². The van der Waals surface area contributed by atoms with E-state index in [1.54, 1.807) is 7.11 Å². The van der Waals surface area contributed by atoms with Crippen LogP contribution < -0.4 is 14.8 Å². The minimum Gasteiger partial charge on any atom is -0.494 e. The van der Waals surface area contributed by atoms with Crippen LogP contribution in [0.3, 0.4) is 0 Å². The number of benzene rings is 3. The number of aryl methyl sites for hydroxylation is 1. The van der Waals surface area contributed by atoms with Crippen molar-refractivity contribution in [2.75, 3.05) is 7.11 Å². The van der Waals surface area contributed by atoms with Crippen molar-refractivity contribution in [2.45, 2.75) is 13.5 Å². The lowest BCUT2D eigenvalue weighted by Gasteiger charge is -2.09. The third kappa shape index (κ3) is 5.41. The lowest BCUT2D eigenvalue weighted by molar-refractivity contribution is -0.115. The minimum atomic E-state index is -0.192. The Labute approximate surface area is 199 Å². The Morgan fingerprint density at radius 2 is 1.84 bits per heavy atom. The molecular formula is C25H21BrN2O3S. The molecule has 0 radical (unpaired) electrons. The Morgan fingerprint density at radius 3 is 2.62 bits per heavy atom. The summed E-state index contributed by atoms with van der Waals surface area (Å²) in [6.07, 6.45) is 1.83. The van der Waals surface area contributed by atoms with Crippen LogP contribution in [0.5, 0.6) is 11.5 Å². The van der Waals surface area contributed by atoms with Gasteiger partial charge >= 0.3 is 0 Å². The zero-order valence-corrected chi connectivity index (χ0v) is 20.0. The number of amidine groups is 1. The molecule has 7 heteroatoms. The molecule has 0 saturated carbocycles. The van der Waals surface area contributed by atoms with Crippen LogP contribution in [0.15, 0.2) is 81.1 Å². The van der Waals surface area contributed by atoms with Gasteiger partial charge in [0.15, 0.2) is 5.17 Å². The van der Waals surface area contributed by atoms with E-state index in [-0.39, 0.29) is 5.91 Å². The van der Waals surface area contributed by atoms with Gasteiger partial charge in [0.1, 0.15) is 23.8 Å². The number of ether oxygens (including phenoxy) is 2. The van der Waals surface area contributed by atoms with Gasteiger partial charge in [0.05, 0.1) is 12.0 Å². The number of aliphatic imine (C=N–C) groups is 1. The molecule has 1 aliphatic heterocycles. The fourth-order valence-electron chi connectivity index (χ4n) is 3.09. The van der Waals surface area contributed by atoms with Crippen LogP contribution in [0.25, 0.3) is 6.08 Å². The van der Waals surface area contributed by atoms with Gasteiger partial charge in [-0.1, -0.05) is 52.3 Å². The molecule has 5 nitrogen and oxygen atoms in total. The van der Waals surface area contributed by atoms with Crippen molar-refractivity contribution in [3.63, 3.8) is 0 Å². The van der Waals surface area contributed by atoms with Crippen LogP contribution in [0.4, 0.5) is 5.69 Å². The summed E-state index contributed by atoms with van der Waals surface area (Å²) in [6, 6.07) is 21.4. The summed E-state index contributed by atoms with van der Waals surface area (Å²) < 4.78 is 12.4. The Bertz CT molecular complexity index is 1210. The maximum atomic E-state index is 12.6. The number of methoxy groups -OCH3 is 1. The van der Waals surface area contributed by atoms with Gasteiger partial charge in [-0.25, -0.2) is 4.99 Å². The summed E-state index contributed by atoms with van der Waals surface area (Å²) in [6.45, 7) is 2.42. The highest BCUT2D eigenvalue weighted by Gasteiger charge is 2.24. The molecule has 1 N–H and O–H groups in total. The number of nitrogens with one attached hydrogen (secondary N) is 1. The first-order valence-corrected chi connectivity index (χ1v) is 11.5. The first-order chi connectivity index (χ1) is 15.5. The quantitative estimate of drug-likeness (QED) is 0.400. The van der Waals surface area contributed by atoms with Crippen LogP contribution in [0.2, 0.25) is 0 Å². The van der Waals surface area contributed by atoms with Gasteiger partial charge in [0, 0.05) is 10.0 Å². The van der Waals surface area contributed by atoms with E-state index in [9.17, 15) is 4.79 Å². The zero-order valence-electron chi connectivity index (χ0n) is 17.6. The third-order valence-electron chi connectivity index (χ3n) is 4.72. The summed E-state index contributed by atoms with van der Waals surface area (Å²) in [7, 11) is 1.60. The average Bonchev–Trinajstić information content (AvgIpc) is 3.13. The molecule has 1 heterocycles. The van der Waals surface area contributed by atoms with Crippen LogP contribution in [-0.2, 0) is 11.4 Å². The molecule has 1 aliphatic rings. The van der Waals surface area contributed by atoms with Crippen molar-refractivity contribution in [1.82, 2.24) is 5.32 Å². The summed E-state index contributed by atoms with van der Waals surface area (Å²) >= 11 is 4.73. The largest absolute Gasteiger partial charge is 0.494 e. The maximum Gasteiger partial charge on any atom is 0.264 e. The number of halogens is 1. The smallest absolute Gasteiger partial charge is 0.264 e. The van der Waals surface area contributed by atoms with Crippen molar-refractivity contribution in [2.24, 2.45) is 4.99 Å². The summed E-state index contributed by atoms with van der Waals surface area (Å²) in [5.74, 6) is 1.17. The van der Waals surface area contributed by atoms with Crippen molar-refractivity contribution >= 4 is 50.5 Å². The molecule has 0 atom stereocenters. The number of nitrogens with zero attached hydrogens (tertiary/aromatic N) is 1. The number of thioether (sulfide) groups is 1. The predicted octanol–water partition coefficient (Wildman–Crippen LogP) is 6.24. The van der Waals surface area contributed by atoms with Gasteiger partial charge in [0.25, 0.3) is 5.91 Å². The highest BCUT2D eigenvalue weighted by molar-refractivity contribution is 9.10. The van der Waals surface area contributed by atoms with E-state index < -0.39 is 0 Å². The van der Waals surface area contributed by atoms with Crippen molar-refractivity contribution < 1.29 is 14.3 Å². The number of carbonyl (C=O) groups is 1. The molecule has 0 spiro atoms. The molecule has 4 rings (SSSR count). The predicted molar refractivity (Wildman–Crippen MR) is 133 cm³/mol. The van der Waals surface area contributed by atoms with Gasteiger partial charge < -0.3 is 14.8 Å². The standard InChI is InChI=1S/C25H21BrN2O3S/c1-16-7-12-22(30-2)20(13-16)27-25-28-24(29)23(32-25)14-18-5-3-4-6-21(18)31-15-17-8-10-19(26)11-9-17/h3-14H,15H2,1-2H3,(H,27,28,29)/b23-14-. The highest BCUT2D eigenvalue weighted by Crippen LogP contribution is 2.34. The Hall–Kier alpha value is -3.03. The van der Waals surface area contributed by atoms with Crippen LogP contribution in [0, 0.1) is 6.92 Å². The van der Waals surface area contributed by atoms with Crippen LogP contribution >= 0.6 is 27.7 Å². The number of hydrogen-bond donors (Lipinski definition) is 1. The zero-order chi connectivity index (χ0) is 22.5. The molecule has 0 unspecified atom stereocenters. The van der Waals surface area contributed by atoms with Gasteiger partial charge in [-0.3, -0.25) is 4.79 Å². The Balaban J connectivity index is 1.54. The van der Waals surface area contributed by atoms with E-state index in [1.807, 2.05) is 79.7 Å². The second-order valence-electron chi connectivity index (χ2n) is 7.11. The number of carbonyl (C=O) groups excluding carboxylic acids is 1. The monoisotopic (exact) mass is 508 g/mol.